The van der Waals surface area contributed by atoms with E-state index in [2.05, 4.69) is 37.9 Å². The van der Waals surface area contributed by atoms with E-state index in [0.29, 0.717) is 17.9 Å². The predicted octanol–water partition coefficient (Wildman–Crippen LogP) is 3.44. The minimum absolute atomic E-state index is 0.256. The summed E-state index contributed by atoms with van der Waals surface area (Å²) in [6.07, 6.45) is 6.85. The van der Waals surface area contributed by atoms with Crippen LogP contribution in [0.25, 0.3) is 0 Å². The van der Waals surface area contributed by atoms with Crippen molar-refractivity contribution in [3.63, 3.8) is 0 Å². The maximum absolute atomic E-state index is 12.6. The number of hydrogen-bond acceptors (Lipinski definition) is 2. The lowest BCUT2D eigenvalue weighted by Gasteiger charge is -2.35. The quantitative estimate of drug-likeness (QED) is 0.739. The summed E-state index contributed by atoms with van der Waals surface area (Å²) < 4.78 is 0. The molecule has 1 saturated heterocycles. The number of piperidine rings is 1. The molecule has 2 atom stereocenters. The van der Waals surface area contributed by atoms with Gasteiger partial charge in [0.2, 0.25) is 5.91 Å². The molecular formula is C17H34N2O. The molecule has 1 aliphatic heterocycles. The van der Waals surface area contributed by atoms with E-state index in [1.165, 1.54) is 25.7 Å². The number of amides is 1. The predicted molar refractivity (Wildman–Crippen MR) is 85.7 cm³/mol. The summed E-state index contributed by atoms with van der Waals surface area (Å²) in [5.41, 5.74) is 0. The van der Waals surface area contributed by atoms with Gasteiger partial charge in [-0.25, -0.2) is 0 Å². The van der Waals surface area contributed by atoms with Gasteiger partial charge in [-0.15, -0.1) is 0 Å². The fraction of sp³-hybridized carbons (Fsp3) is 0.941. The number of likely N-dealkylation sites (tertiary alicyclic amines) is 1. The maximum atomic E-state index is 12.6. The molecule has 0 aromatic carbocycles. The van der Waals surface area contributed by atoms with E-state index < -0.39 is 0 Å². The molecule has 1 N–H and O–H groups in total. The van der Waals surface area contributed by atoms with Crippen LogP contribution in [0.2, 0.25) is 0 Å². The molecule has 3 heteroatoms. The Labute approximate surface area is 125 Å². The van der Waals surface area contributed by atoms with Crippen LogP contribution in [-0.4, -0.2) is 36.5 Å². The zero-order valence-corrected chi connectivity index (χ0v) is 14.0. The minimum atomic E-state index is 0.256. The van der Waals surface area contributed by atoms with Crippen LogP contribution >= 0.6 is 0 Å². The van der Waals surface area contributed by atoms with Crippen LogP contribution in [-0.2, 0) is 4.79 Å². The summed E-state index contributed by atoms with van der Waals surface area (Å²) in [5, 5.41) is 3.51. The molecule has 1 heterocycles. The second-order valence-electron chi connectivity index (χ2n) is 6.60. The molecule has 1 fully saturated rings. The first-order valence-corrected chi connectivity index (χ1v) is 8.60. The summed E-state index contributed by atoms with van der Waals surface area (Å²) in [5.74, 6) is 1.31. The van der Waals surface area contributed by atoms with E-state index >= 15 is 0 Å². The van der Waals surface area contributed by atoms with Gasteiger partial charge in [0, 0.05) is 25.0 Å². The normalized spacial score (nSPS) is 21.2. The first-order valence-electron chi connectivity index (χ1n) is 8.60. The van der Waals surface area contributed by atoms with Gasteiger partial charge in [0.25, 0.3) is 0 Å². The van der Waals surface area contributed by atoms with Crippen molar-refractivity contribution in [3.05, 3.63) is 0 Å². The van der Waals surface area contributed by atoms with Crippen LogP contribution in [0, 0.1) is 11.8 Å². The van der Waals surface area contributed by atoms with Crippen molar-refractivity contribution in [3.8, 4) is 0 Å². The minimum Gasteiger partial charge on any atom is -0.342 e. The topological polar surface area (TPSA) is 32.3 Å². The number of nitrogens with one attached hydrogen (secondary N) is 1. The summed E-state index contributed by atoms with van der Waals surface area (Å²) in [4.78, 5) is 14.8. The molecular weight excluding hydrogens is 248 g/mol. The van der Waals surface area contributed by atoms with Crippen molar-refractivity contribution < 1.29 is 4.79 Å². The number of rotatable bonds is 8. The van der Waals surface area contributed by atoms with Crippen molar-refractivity contribution in [1.29, 1.82) is 0 Å². The molecule has 0 aromatic rings. The molecule has 0 aromatic heterocycles. The molecule has 0 spiro atoms. The SMILES string of the molecule is CCCCC(CC)C(=O)N1CCCC(CNC(C)C)C1. The lowest BCUT2D eigenvalue weighted by atomic mass is 9.93. The molecule has 3 nitrogen and oxygen atoms in total. The fourth-order valence-electron chi connectivity index (χ4n) is 3.05. The van der Waals surface area contributed by atoms with E-state index in [1.807, 2.05) is 0 Å². The molecule has 0 radical (unpaired) electrons. The summed E-state index contributed by atoms with van der Waals surface area (Å²) in [7, 11) is 0. The summed E-state index contributed by atoms with van der Waals surface area (Å²) in [6, 6.07) is 0.536. The molecule has 118 valence electrons. The van der Waals surface area contributed by atoms with E-state index in [1.54, 1.807) is 0 Å². The molecule has 0 bridgehead atoms. The van der Waals surface area contributed by atoms with Gasteiger partial charge in [0.15, 0.2) is 0 Å². The lowest BCUT2D eigenvalue weighted by molar-refractivity contribution is -0.137. The zero-order valence-electron chi connectivity index (χ0n) is 14.0. The van der Waals surface area contributed by atoms with Gasteiger partial charge in [-0.05, 0) is 38.1 Å². The van der Waals surface area contributed by atoms with Gasteiger partial charge < -0.3 is 10.2 Å². The van der Waals surface area contributed by atoms with Crippen LogP contribution in [0.5, 0.6) is 0 Å². The van der Waals surface area contributed by atoms with Gasteiger partial charge >= 0.3 is 0 Å². The van der Waals surface area contributed by atoms with Gasteiger partial charge in [0.1, 0.15) is 0 Å². The van der Waals surface area contributed by atoms with E-state index in [-0.39, 0.29) is 5.92 Å². The highest BCUT2D eigenvalue weighted by molar-refractivity contribution is 5.78. The smallest absolute Gasteiger partial charge is 0.225 e. The van der Waals surface area contributed by atoms with E-state index in [0.717, 1.165) is 32.5 Å². The number of nitrogens with zero attached hydrogens (tertiary/aromatic N) is 1. The maximum Gasteiger partial charge on any atom is 0.225 e. The first-order chi connectivity index (χ1) is 9.58. The van der Waals surface area contributed by atoms with Gasteiger partial charge in [-0.2, -0.15) is 0 Å². The molecule has 1 rings (SSSR count). The molecule has 1 amide bonds. The summed E-state index contributed by atoms with van der Waals surface area (Å²) >= 11 is 0. The van der Waals surface area contributed by atoms with Crippen LogP contribution in [0.15, 0.2) is 0 Å². The van der Waals surface area contributed by atoms with Crippen molar-refractivity contribution in [2.75, 3.05) is 19.6 Å². The lowest BCUT2D eigenvalue weighted by Crippen LogP contribution is -2.45. The molecule has 0 saturated carbocycles. The van der Waals surface area contributed by atoms with Crippen LogP contribution in [0.1, 0.15) is 66.2 Å². The Hall–Kier alpha value is -0.570. The Morgan fingerprint density at radius 1 is 1.35 bits per heavy atom. The van der Waals surface area contributed by atoms with Gasteiger partial charge in [-0.1, -0.05) is 40.5 Å². The number of hydrogen-bond donors (Lipinski definition) is 1. The largest absolute Gasteiger partial charge is 0.342 e. The third-order valence-corrected chi connectivity index (χ3v) is 4.39. The third-order valence-electron chi connectivity index (χ3n) is 4.39. The third kappa shape index (κ3) is 5.82. The summed E-state index contributed by atoms with van der Waals surface area (Å²) in [6.45, 7) is 11.7. The van der Waals surface area contributed by atoms with Crippen LogP contribution < -0.4 is 5.32 Å². The monoisotopic (exact) mass is 282 g/mol. The van der Waals surface area contributed by atoms with E-state index in [4.69, 9.17) is 0 Å². The number of unbranched alkanes of at least 4 members (excludes halogenated alkanes) is 1. The Morgan fingerprint density at radius 2 is 2.10 bits per heavy atom. The van der Waals surface area contributed by atoms with Crippen molar-refractivity contribution in [2.24, 2.45) is 11.8 Å². The first kappa shape index (κ1) is 17.5. The molecule has 0 aliphatic carbocycles. The Kier molecular flexibility index (Phi) is 8.20. The van der Waals surface area contributed by atoms with Crippen molar-refractivity contribution in [1.82, 2.24) is 10.2 Å². The van der Waals surface area contributed by atoms with Crippen LogP contribution in [0.4, 0.5) is 0 Å². The fourth-order valence-corrected chi connectivity index (χ4v) is 3.05. The molecule has 20 heavy (non-hydrogen) atoms. The average molecular weight is 282 g/mol. The molecule has 2 unspecified atom stereocenters. The Balaban J connectivity index is 2.45. The van der Waals surface area contributed by atoms with Gasteiger partial charge in [-0.3, -0.25) is 4.79 Å². The van der Waals surface area contributed by atoms with E-state index in [9.17, 15) is 4.79 Å². The highest BCUT2D eigenvalue weighted by Crippen LogP contribution is 2.21. The van der Waals surface area contributed by atoms with Crippen molar-refractivity contribution >= 4 is 5.91 Å². The standard InChI is InChI=1S/C17H34N2O/c1-5-7-10-16(6-2)17(20)19-11-8-9-15(13-19)12-18-14(3)4/h14-16,18H,5-13H2,1-4H3. The molecule has 1 aliphatic rings. The Bertz CT molecular complexity index is 278. The van der Waals surface area contributed by atoms with Crippen molar-refractivity contribution in [2.45, 2.75) is 72.3 Å². The van der Waals surface area contributed by atoms with Crippen LogP contribution in [0.3, 0.4) is 0 Å². The number of carbonyl (C=O) groups is 1. The highest BCUT2D eigenvalue weighted by Gasteiger charge is 2.27. The highest BCUT2D eigenvalue weighted by atomic mass is 16.2. The van der Waals surface area contributed by atoms with Gasteiger partial charge in [0.05, 0.1) is 0 Å². The second-order valence-corrected chi connectivity index (χ2v) is 6.60. The number of carbonyl (C=O) groups excluding carboxylic acids is 1. The Morgan fingerprint density at radius 3 is 2.70 bits per heavy atom. The zero-order chi connectivity index (χ0) is 15.0. The second kappa shape index (κ2) is 9.38. The average Bonchev–Trinajstić information content (AvgIpc) is 2.46.